The fraction of sp³-hybridized carbons (Fsp3) is 0.632. The second-order valence-electron chi connectivity index (χ2n) is 6.63. The molecule has 126 valence electrons. The zero-order chi connectivity index (χ0) is 15.9. The van der Waals surface area contributed by atoms with Crippen LogP contribution in [0.4, 0.5) is 5.69 Å². The summed E-state index contributed by atoms with van der Waals surface area (Å²) in [5.41, 5.74) is 1.84. The number of rotatable bonds is 3. The average Bonchev–Trinajstić information content (AvgIpc) is 2.58. The van der Waals surface area contributed by atoms with Crippen LogP contribution in [0, 0.1) is 0 Å². The molecule has 4 nitrogen and oxygen atoms in total. The monoisotopic (exact) mass is 316 g/mol. The maximum absolute atomic E-state index is 12.8. The molecular formula is C19H28N2O2. The van der Waals surface area contributed by atoms with Crippen LogP contribution in [0.1, 0.15) is 55.3 Å². The Kier molecular flexibility index (Phi) is 5.92. The Bertz CT molecular complexity index is 504. The molecule has 0 spiro atoms. The van der Waals surface area contributed by atoms with Crippen LogP contribution in [0.5, 0.6) is 0 Å². The van der Waals surface area contributed by atoms with Crippen molar-refractivity contribution >= 4 is 11.6 Å². The van der Waals surface area contributed by atoms with Gasteiger partial charge in [-0.05, 0) is 25.0 Å². The van der Waals surface area contributed by atoms with Gasteiger partial charge in [0.2, 0.25) is 0 Å². The zero-order valence-electron chi connectivity index (χ0n) is 13.9. The Morgan fingerprint density at radius 2 is 1.65 bits per heavy atom. The smallest absolute Gasteiger partial charge is 0.253 e. The van der Waals surface area contributed by atoms with Gasteiger partial charge < -0.3 is 15.0 Å². The summed E-state index contributed by atoms with van der Waals surface area (Å²) < 4.78 is 5.43. The highest BCUT2D eigenvalue weighted by Gasteiger charge is 2.20. The summed E-state index contributed by atoms with van der Waals surface area (Å²) in [6.45, 7) is 3.18. The van der Waals surface area contributed by atoms with E-state index in [1.807, 2.05) is 18.2 Å². The van der Waals surface area contributed by atoms with Crippen LogP contribution in [0.2, 0.25) is 0 Å². The van der Waals surface area contributed by atoms with Gasteiger partial charge in [-0.1, -0.05) is 44.2 Å². The summed E-state index contributed by atoms with van der Waals surface area (Å²) >= 11 is 0. The maximum atomic E-state index is 12.8. The molecule has 3 rings (SSSR count). The van der Waals surface area contributed by atoms with E-state index in [4.69, 9.17) is 4.74 Å². The van der Waals surface area contributed by atoms with E-state index in [1.54, 1.807) is 0 Å². The molecule has 1 amide bonds. The summed E-state index contributed by atoms with van der Waals surface area (Å²) in [6, 6.07) is 8.30. The number of amides is 1. The number of para-hydroxylation sites is 1. The first-order valence-corrected chi connectivity index (χ1v) is 9.07. The number of nitrogens with one attached hydrogen (secondary N) is 1. The number of carbonyl (C=O) groups is 1. The molecule has 0 unspecified atom stereocenters. The zero-order valence-corrected chi connectivity index (χ0v) is 13.9. The van der Waals surface area contributed by atoms with Gasteiger partial charge in [-0.2, -0.15) is 0 Å². The van der Waals surface area contributed by atoms with E-state index in [0.29, 0.717) is 6.04 Å². The number of hydrogen-bond donors (Lipinski definition) is 1. The molecule has 1 N–H and O–H groups in total. The number of benzene rings is 1. The van der Waals surface area contributed by atoms with Crippen molar-refractivity contribution in [3.8, 4) is 0 Å². The third kappa shape index (κ3) is 4.47. The lowest BCUT2D eigenvalue weighted by Crippen LogP contribution is -2.39. The second kappa shape index (κ2) is 8.34. The van der Waals surface area contributed by atoms with Crippen LogP contribution >= 0.6 is 0 Å². The van der Waals surface area contributed by atoms with Crippen LogP contribution in [0.25, 0.3) is 0 Å². The molecule has 1 aliphatic heterocycles. The van der Waals surface area contributed by atoms with Crippen LogP contribution < -0.4 is 10.2 Å². The summed E-state index contributed by atoms with van der Waals surface area (Å²) in [5.74, 6) is 0.0812. The summed E-state index contributed by atoms with van der Waals surface area (Å²) in [5, 5.41) is 3.29. The van der Waals surface area contributed by atoms with E-state index in [9.17, 15) is 4.79 Å². The van der Waals surface area contributed by atoms with E-state index < -0.39 is 0 Å². The van der Waals surface area contributed by atoms with Gasteiger partial charge in [0.25, 0.3) is 5.91 Å². The molecule has 2 fully saturated rings. The van der Waals surface area contributed by atoms with E-state index in [0.717, 1.165) is 50.4 Å². The van der Waals surface area contributed by atoms with Gasteiger partial charge in [0.1, 0.15) is 0 Å². The fourth-order valence-electron chi connectivity index (χ4n) is 3.61. The van der Waals surface area contributed by atoms with E-state index in [2.05, 4.69) is 16.3 Å². The summed E-state index contributed by atoms with van der Waals surface area (Å²) in [4.78, 5) is 15.1. The predicted molar refractivity (Wildman–Crippen MR) is 93.0 cm³/mol. The molecule has 4 heteroatoms. The average molecular weight is 316 g/mol. The van der Waals surface area contributed by atoms with E-state index >= 15 is 0 Å². The minimum atomic E-state index is 0.0812. The van der Waals surface area contributed by atoms with Crippen molar-refractivity contribution in [3.63, 3.8) is 0 Å². The van der Waals surface area contributed by atoms with Crippen LogP contribution in [-0.4, -0.2) is 38.3 Å². The molecule has 2 aliphatic rings. The van der Waals surface area contributed by atoms with Gasteiger partial charge in [0, 0.05) is 24.8 Å². The molecule has 1 saturated carbocycles. The topological polar surface area (TPSA) is 41.6 Å². The van der Waals surface area contributed by atoms with Crippen molar-refractivity contribution < 1.29 is 9.53 Å². The number of ether oxygens (including phenoxy) is 1. The molecule has 0 atom stereocenters. The SMILES string of the molecule is O=C(NC1CCCCCCC1)c1ccccc1N1CCOCC1. The largest absolute Gasteiger partial charge is 0.378 e. The Balaban J connectivity index is 1.68. The number of anilines is 1. The van der Waals surface area contributed by atoms with Crippen molar-refractivity contribution in [1.29, 1.82) is 0 Å². The van der Waals surface area contributed by atoms with Crippen molar-refractivity contribution in [1.82, 2.24) is 5.32 Å². The van der Waals surface area contributed by atoms with Gasteiger partial charge in [-0.3, -0.25) is 4.79 Å². The lowest BCUT2D eigenvalue weighted by Gasteiger charge is -2.30. The Labute approximate surface area is 139 Å². The molecule has 1 heterocycles. The molecule has 1 saturated heterocycles. The van der Waals surface area contributed by atoms with E-state index in [-0.39, 0.29) is 5.91 Å². The Morgan fingerprint density at radius 3 is 2.39 bits per heavy atom. The number of morpholine rings is 1. The van der Waals surface area contributed by atoms with Crippen molar-refractivity contribution in [2.24, 2.45) is 0 Å². The first-order valence-electron chi connectivity index (χ1n) is 9.07. The third-order valence-corrected chi connectivity index (χ3v) is 4.94. The Hall–Kier alpha value is -1.55. The third-order valence-electron chi connectivity index (χ3n) is 4.94. The molecule has 0 radical (unpaired) electrons. The molecule has 1 aromatic rings. The van der Waals surface area contributed by atoms with Crippen LogP contribution in [0.15, 0.2) is 24.3 Å². The van der Waals surface area contributed by atoms with Crippen molar-refractivity contribution in [2.45, 2.75) is 51.0 Å². The number of hydrogen-bond acceptors (Lipinski definition) is 3. The highest BCUT2D eigenvalue weighted by molar-refractivity contribution is 6.00. The Morgan fingerprint density at radius 1 is 1.00 bits per heavy atom. The first-order chi connectivity index (χ1) is 11.3. The summed E-state index contributed by atoms with van der Waals surface area (Å²) in [7, 11) is 0. The first kappa shape index (κ1) is 16.3. The molecule has 23 heavy (non-hydrogen) atoms. The van der Waals surface area contributed by atoms with Gasteiger partial charge in [-0.25, -0.2) is 0 Å². The molecule has 1 aromatic carbocycles. The normalized spacial score (nSPS) is 20.6. The van der Waals surface area contributed by atoms with Crippen molar-refractivity contribution in [3.05, 3.63) is 29.8 Å². The lowest BCUT2D eigenvalue weighted by molar-refractivity contribution is 0.0929. The highest BCUT2D eigenvalue weighted by atomic mass is 16.5. The predicted octanol–water partition coefficient (Wildman–Crippen LogP) is 3.37. The van der Waals surface area contributed by atoms with Crippen LogP contribution in [0.3, 0.4) is 0 Å². The fourth-order valence-corrected chi connectivity index (χ4v) is 3.61. The minimum Gasteiger partial charge on any atom is -0.378 e. The molecule has 0 bridgehead atoms. The second-order valence-corrected chi connectivity index (χ2v) is 6.63. The number of nitrogens with zero attached hydrogens (tertiary/aromatic N) is 1. The van der Waals surface area contributed by atoms with Gasteiger partial charge >= 0.3 is 0 Å². The van der Waals surface area contributed by atoms with Gasteiger partial charge in [0.15, 0.2) is 0 Å². The molecule has 0 aromatic heterocycles. The standard InChI is InChI=1S/C19H28N2O2/c22-19(20-16-8-4-2-1-3-5-9-16)17-10-6-7-11-18(17)21-12-14-23-15-13-21/h6-7,10-11,16H,1-5,8-9,12-15H2,(H,20,22). The molecular weight excluding hydrogens is 288 g/mol. The minimum absolute atomic E-state index is 0.0812. The molecule has 1 aliphatic carbocycles. The van der Waals surface area contributed by atoms with Crippen molar-refractivity contribution in [2.75, 3.05) is 31.2 Å². The quantitative estimate of drug-likeness (QED) is 0.929. The van der Waals surface area contributed by atoms with Gasteiger partial charge in [0.05, 0.1) is 18.8 Å². The summed E-state index contributed by atoms with van der Waals surface area (Å²) in [6.07, 6.45) is 8.65. The van der Waals surface area contributed by atoms with E-state index in [1.165, 1.54) is 32.1 Å². The van der Waals surface area contributed by atoms with Gasteiger partial charge in [-0.15, -0.1) is 0 Å². The number of carbonyl (C=O) groups excluding carboxylic acids is 1. The lowest BCUT2D eigenvalue weighted by atomic mass is 9.96. The van der Waals surface area contributed by atoms with Crippen LogP contribution in [-0.2, 0) is 4.74 Å². The maximum Gasteiger partial charge on any atom is 0.253 e. The highest BCUT2D eigenvalue weighted by Crippen LogP contribution is 2.23.